The number of hydrogen-bond donors (Lipinski definition) is 0. The monoisotopic (exact) mass is 406 g/mol. The lowest BCUT2D eigenvalue weighted by molar-refractivity contribution is -0.140. The topological polar surface area (TPSA) is 85.3 Å². The van der Waals surface area contributed by atoms with Gasteiger partial charge in [0.05, 0.1) is 25.0 Å². The summed E-state index contributed by atoms with van der Waals surface area (Å²) in [6, 6.07) is 2.99. The van der Waals surface area contributed by atoms with Crippen LogP contribution in [0.5, 0.6) is 5.75 Å². The van der Waals surface area contributed by atoms with Crippen molar-refractivity contribution >= 4 is 21.9 Å². The van der Waals surface area contributed by atoms with E-state index in [1.165, 1.54) is 13.0 Å². The van der Waals surface area contributed by atoms with E-state index in [1.807, 2.05) is 0 Å². The maximum absolute atomic E-state index is 13.2. The first kappa shape index (κ1) is 20.7. The minimum atomic E-state index is -4.72. The SMILES string of the molecule is CCOC(=O)C1=CC(c2ccc(OC)c(C(F)(F)F)c2)=NS(=O)(=O)N1CC. The van der Waals surface area contributed by atoms with Crippen molar-refractivity contribution in [3.63, 3.8) is 0 Å². The fourth-order valence-electron chi connectivity index (χ4n) is 2.45. The van der Waals surface area contributed by atoms with Crippen molar-refractivity contribution in [2.24, 2.45) is 4.40 Å². The van der Waals surface area contributed by atoms with Crippen molar-refractivity contribution in [3.05, 3.63) is 41.1 Å². The van der Waals surface area contributed by atoms with Gasteiger partial charge in [-0.05, 0) is 38.1 Å². The van der Waals surface area contributed by atoms with Gasteiger partial charge in [0.15, 0.2) is 0 Å². The summed E-state index contributed by atoms with van der Waals surface area (Å²) in [5.41, 5.74) is -1.86. The largest absolute Gasteiger partial charge is 0.496 e. The van der Waals surface area contributed by atoms with Gasteiger partial charge in [0.1, 0.15) is 11.4 Å². The predicted molar refractivity (Wildman–Crippen MR) is 90.5 cm³/mol. The number of methoxy groups -OCH3 is 1. The molecular weight excluding hydrogens is 389 g/mol. The summed E-state index contributed by atoms with van der Waals surface area (Å²) in [5.74, 6) is -1.34. The maximum Gasteiger partial charge on any atom is 0.419 e. The molecule has 2 rings (SSSR count). The predicted octanol–water partition coefficient (Wildman–Crippen LogP) is 2.53. The summed E-state index contributed by atoms with van der Waals surface area (Å²) in [7, 11) is -3.22. The zero-order valence-electron chi connectivity index (χ0n) is 14.7. The third-order valence-electron chi connectivity index (χ3n) is 3.61. The second-order valence-electron chi connectivity index (χ2n) is 5.28. The molecular formula is C16H17F3N2O5S. The van der Waals surface area contributed by atoms with Gasteiger partial charge < -0.3 is 9.47 Å². The number of halogens is 3. The molecule has 27 heavy (non-hydrogen) atoms. The van der Waals surface area contributed by atoms with Gasteiger partial charge in [-0.3, -0.25) is 0 Å². The number of hydrogen-bond acceptors (Lipinski definition) is 5. The van der Waals surface area contributed by atoms with E-state index in [-0.39, 0.29) is 30.1 Å². The van der Waals surface area contributed by atoms with Gasteiger partial charge in [-0.1, -0.05) is 0 Å². The Labute approximate surface area is 154 Å². The Hall–Kier alpha value is -2.56. The minimum Gasteiger partial charge on any atom is -0.496 e. The third kappa shape index (κ3) is 4.24. The molecule has 1 heterocycles. The first-order valence-electron chi connectivity index (χ1n) is 7.82. The minimum absolute atomic E-state index is 0.00100. The number of carbonyl (C=O) groups is 1. The van der Waals surface area contributed by atoms with Crippen molar-refractivity contribution in [1.29, 1.82) is 0 Å². The van der Waals surface area contributed by atoms with E-state index in [4.69, 9.17) is 9.47 Å². The number of ether oxygens (including phenoxy) is 2. The highest BCUT2D eigenvalue weighted by Gasteiger charge is 2.36. The summed E-state index contributed by atoms with van der Waals surface area (Å²) in [5, 5.41) is 0. The highest BCUT2D eigenvalue weighted by molar-refractivity contribution is 7.88. The van der Waals surface area contributed by atoms with Crippen LogP contribution >= 0.6 is 0 Å². The van der Waals surface area contributed by atoms with E-state index >= 15 is 0 Å². The van der Waals surface area contributed by atoms with E-state index in [1.54, 1.807) is 6.92 Å². The van der Waals surface area contributed by atoms with E-state index in [2.05, 4.69) is 4.40 Å². The highest BCUT2D eigenvalue weighted by atomic mass is 32.2. The number of rotatable bonds is 5. The number of benzene rings is 1. The van der Waals surface area contributed by atoms with Gasteiger partial charge in [-0.25, -0.2) is 9.10 Å². The van der Waals surface area contributed by atoms with Gasteiger partial charge >= 0.3 is 22.4 Å². The number of carbonyl (C=O) groups excluding carboxylic acids is 1. The van der Waals surface area contributed by atoms with E-state index < -0.39 is 33.7 Å². The summed E-state index contributed by atoms with van der Waals surface area (Å²) in [6.07, 6.45) is -3.64. The molecule has 0 atom stereocenters. The smallest absolute Gasteiger partial charge is 0.419 e. The molecule has 0 aromatic heterocycles. The fourth-order valence-corrected chi connectivity index (χ4v) is 3.66. The Morgan fingerprint density at radius 3 is 2.44 bits per heavy atom. The first-order chi connectivity index (χ1) is 12.5. The molecule has 148 valence electrons. The molecule has 0 saturated heterocycles. The summed E-state index contributed by atoms with van der Waals surface area (Å²) < 4.78 is 78.2. The Balaban J connectivity index is 2.64. The van der Waals surface area contributed by atoms with Crippen LogP contribution in [0.3, 0.4) is 0 Å². The molecule has 1 aromatic carbocycles. The standard InChI is InChI=1S/C16H17F3N2O5S/c1-4-21-13(15(22)26-5-2)9-12(20-27(21,23)24)10-6-7-14(25-3)11(8-10)16(17,18)19/h6-9H,4-5H2,1-3H3. The quantitative estimate of drug-likeness (QED) is 0.702. The zero-order chi connectivity index (χ0) is 20.4. The van der Waals surface area contributed by atoms with Crippen LogP contribution < -0.4 is 4.74 Å². The Kier molecular flexibility index (Phi) is 5.83. The molecule has 0 unspecified atom stereocenters. The Morgan fingerprint density at radius 2 is 1.93 bits per heavy atom. The van der Waals surface area contributed by atoms with Crippen molar-refractivity contribution in [1.82, 2.24) is 4.31 Å². The average molecular weight is 406 g/mol. The van der Waals surface area contributed by atoms with Gasteiger partial charge in [-0.2, -0.15) is 21.6 Å². The molecule has 11 heteroatoms. The van der Waals surface area contributed by atoms with Crippen molar-refractivity contribution in [2.45, 2.75) is 20.0 Å². The molecule has 1 aromatic rings. The number of alkyl halides is 3. The number of allylic oxidation sites excluding steroid dienone is 1. The van der Waals surface area contributed by atoms with E-state index in [9.17, 15) is 26.4 Å². The summed E-state index contributed by atoms with van der Waals surface area (Å²) in [6.45, 7) is 2.93. The molecule has 7 nitrogen and oxygen atoms in total. The molecule has 0 radical (unpaired) electrons. The third-order valence-corrected chi connectivity index (χ3v) is 5.05. The van der Waals surface area contributed by atoms with Crippen molar-refractivity contribution in [3.8, 4) is 5.75 Å². The zero-order valence-corrected chi connectivity index (χ0v) is 15.5. The molecule has 0 amide bonds. The Morgan fingerprint density at radius 1 is 1.26 bits per heavy atom. The van der Waals surface area contributed by atoms with Gasteiger partial charge in [-0.15, -0.1) is 4.40 Å². The fraction of sp³-hybridized carbons (Fsp3) is 0.375. The molecule has 1 aliphatic heterocycles. The average Bonchev–Trinajstić information content (AvgIpc) is 2.59. The van der Waals surface area contributed by atoms with Crippen LogP contribution in [0.15, 0.2) is 34.4 Å². The van der Waals surface area contributed by atoms with Crippen molar-refractivity contribution in [2.75, 3.05) is 20.3 Å². The first-order valence-corrected chi connectivity index (χ1v) is 9.21. The van der Waals surface area contributed by atoms with E-state index in [0.29, 0.717) is 6.07 Å². The van der Waals surface area contributed by atoms with Crippen LogP contribution in [0.25, 0.3) is 0 Å². The molecule has 0 aliphatic carbocycles. The van der Waals surface area contributed by atoms with Gasteiger partial charge in [0.25, 0.3) is 0 Å². The number of likely N-dealkylation sites (N-methyl/N-ethyl adjacent to an activating group) is 1. The lowest BCUT2D eigenvalue weighted by Gasteiger charge is -2.25. The maximum atomic E-state index is 13.2. The highest BCUT2D eigenvalue weighted by Crippen LogP contribution is 2.37. The molecule has 0 saturated carbocycles. The van der Waals surface area contributed by atoms with Crippen LogP contribution in [0.4, 0.5) is 13.2 Å². The number of esters is 1. The van der Waals surface area contributed by atoms with Crippen molar-refractivity contribution < 1.29 is 35.9 Å². The molecule has 0 fully saturated rings. The van der Waals surface area contributed by atoms with Gasteiger partial charge in [0.2, 0.25) is 0 Å². The second kappa shape index (κ2) is 7.59. The van der Waals surface area contributed by atoms with Crippen LogP contribution in [-0.2, 0) is 25.9 Å². The van der Waals surface area contributed by atoms with Crippen LogP contribution in [-0.4, -0.2) is 44.7 Å². The van der Waals surface area contributed by atoms with Crippen LogP contribution in [0.1, 0.15) is 25.0 Å². The summed E-state index contributed by atoms with van der Waals surface area (Å²) in [4.78, 5) is 12.1. The molecule has 0 spiro atoms. The number of nitrogens with zero attached hydrogens (tertiary/aromatic N) is 2. The lowest BCUT2D eigenvalue weighted by atomic mass is 10.0. The Bertz CT molecular complexity index is 907. The summed E-state index contributed by atoms with van der Waals surface area (Å²) >= 11 is 0. The second-order valence-corrected chi connectivity index (χ2v) is 6.80. The van der Waals surface area contributed by atoms with Crippen LogP contribution in [0, 0.1) is 0 Å². The van der Waals surface area contributed by atoms with Crippen LogP contribution in [0.2, 0.25) is 0 Å². The molecule has 0 N–H and O–H groups in total. The van der Waals surface area contributed by atoms with E-state index in [0.717, 1.165) is 23.6 Å². The molecule has 0 bridgehead atoms. The normalized spacial score (nSPS) is 16.4. The molecule has 1 aliphatic rings. The lowest BCUT2D eigenvalue weighted by Crippen LogP contribution is -2.37. The van der Waals surface area contributed by atoms with Gasteiger partial charge in [0, 0.05) is 12.1 Å².